The molecule has 0 N–H and O–H groups in total. The number of alkyl halides is 3. The zero-order valence-electron chi connectivity index (χ0n) is 20.2. The first-order valence-electron chi connectivity index (χ1n) is 11.7. The van der Waals surface area contributed by atoms with Crippen molar-refractivity contribution in [2.75, 3.05) is 31.1 Å². The number of carbonyl (C=O) groups excluding carboxylic acids is 1. The summed E-state index contributed by atoms with van der Waals surface area (Å²) in [6, 6.07) is 1.61. The minimum Gasteiger partial charge on any atom is -0.477 e. The molecule has 0 saturated carbocycles. The van der Waals surface area contributed by atoms with Crippen LogP contribution in [-0.4, -0.2) is 67.8 Å². The topological polar surface area (TPSA) is 89.3 Å². The predicted octanol–water partition coefficient (Wildman–Crippen LogP) is 3.49. The summed E-state index contributed by atoms with van der Waals surface area (Å²) in [5.41, 5.74) is 1.66. The average molecular weight is 522 g/mol. The Balaban J connectivity index is 1.39. The minimum absolute atomic E-state index is 0.0733. The third-order valence-electron chi connectivity index (χ3n) is 6.36. The van der Waals surface area contributed by atoms with Gasteiger partial charge in [0.2, 0.25) is 16.8 Å². The number of hydrogen-bond acceptors (Lipinski definition) is 8. The monoisotopic (exact) mass is 521 g/mol. The third-order valence-corrected chi connectivity index (χ3v) is 7.52. The van der Waals surface area contributed by atoms with Crippen LogP contribution in [0.2, 0.25) is 0 Å². The van der Waals surface area contributed by atoms with Crippen LogP contribution in [0.4, 0.5) is 18.2 Å². The second kappa shape index (κ2) is 9.34. The fourth-order valence-electron chi connectivity index (χ4n) is 4.65. The molecule has 36 heavy (non-hydrogen) atoms. The molecule has 1 saturated heterocycles. The van der Waals surface area contributed by atoms with E-state index in [-0.39, 0.29) is 24.2 Å². The highest BCUT2D eigenvalue weighted by atomic mass is 32.1. The first kappa shape index (κ1) is 24.5. The van der Waals surface area contributed by atoms with E-state index in [4.69, 9.17) is 4.74 Å². The molecule has 5 heterocycles. The Bertz CT molecular complexity index is 1290. The van der Waals surface area contributed by atoms with Crippen LogP contribution in [0.1, 0.15) is 35.6 Å². The standard InChI is InChI=1S/C23H26F3N7O2S/c1-13-11-31(6-7-32(13)18(34)12-33-15(3)28-14(2)30-33)21-19(29-22(36-21)23(24,25)26)17-9-16-5-4-8-35-20(16)27-10-17/h9-10,13H,4-8,11-12H2,1-3H3. The molecule has 1 atom stereocenters. The van der Waals surface area contributed by atoms with E-state index in [2.05, 4.69) is 20.1 Å². The van der Waals surface area contributed by atoms with Crippen molar-refractivity contribution in [3.8, 4) is 17.1 Å². The third kappa shape index (κ3) is 4.75. The minimum atomic E-state index is -4.56. The largest absolute Gasteiger partial charge is 0.477 e. The Labute approximate surface area is 209 Å². The van der Waals surface area contributed by atoms with E-state index >= 15 is 0 Å². The molecule has 3 aromatic heterocycles. The van der Waals surface area contributed by atoms with Gasteiger partial charge in [0.25, 0.3) is 0 Å². The molecule has 5 rings (SSSR count). The molecule has 3 aromatic rings. The van der Waals surface area contributed by atoms with Gasteiger partial charge in [-0.2, -0.15) is 18.3 Å². The maximum atomic E-state index is 13.7. The Morgan fingerprint density at radius 2 is 2.06 bits per heavy atom. The van der Waals surface area contributed by atoms with Gasteiger partial charge in [-0.05, 0) is 39.7 Å². The SMILES string of the molecule is Cc1nc(C)n(CC(=O)N2CCN(c3sc(C(F)(F)F)nc3-c3cnc4c(c3)CCCO4)CC2C)n1. The van der Waals surface area contributed by atoms with Crippen molar-refractivity contribution in [1.82, 2.24) is 29.6 Å². The van der Waals surface area contributed by atoms with E-state index in [1.165, 1.54) is 6.20 Å². The molecule has 9 nitrogen and oxygen atoms in total. The van der Waals surface area contributed by atoms with Crippen LogP contribution in [-0.2, 0) is 23.9 Å². The molecule has 1 amide bonds. The summed E-state index contributed by atoms with van der Waals surface area (Å²) in [7, 11) is 0. The number of piperazine rings is 1. The van der Waals surface area contributed by atoms with Gasteiger partial charge in [-0.3, -0.25) is 4.79 Å². The molecule has 192 valence electrons. The average Bonchev–Trinajstić information content (AvgIpc) is 3.42. The van der Waals surface area contributed by atoms with Crippen molar-refractivity contribution in [3.05, 3.63) is 34.5 Å². The Morgan fingerprint density at radius 3 is 2.75 bits per heavy atom. The number of aryl methyl sites for hydroxylation is 3. The summed E-state index contributed by atoms with van der Waals surface area (Å²) in [5, 5.41) is 3.79. The van der Waals surface area contributed by atoms with Crippen molar-refractivity contribution >= 4 is 22.2 Å². The molecule has 2 aliphatic rings. The second-order valence-corrected chi connectivity index (χ2v) is 10.0. The second-order valence-electron chi connectivity index (χ2n) is 9.06. The Morgan fingerprint density at radius 1 is 1.25 bits per heavy atom. The van der Waals surface area contributed by atoms with Gasteiger partial charge < -0.3 is 14.5 Å². The molecule has 2 aliphatic heterocycles. The van der Waals surface area contributed by atoms with Gasteiger partial charge in [0, 0.05) is 43.0 Å². The van der Waals surface area contributed by atoms with Crippen molar-refractivity contribution in [3.63, 3.8) is 0 Å². The van der Waals surface area contributed by atoms with E-state index in [0.29, 0.717) is 65.7 Å². The van der Waals surface area contributed by atoms with Gasteiger partial charge in [0.05, 0.1) is 6.61 Å². The van der Waals surface area contributed by atoms with Crippen molar-refractivity contribution in [2.45, 2.75) is 52.4 Å². The molecule has 1 fully saturated rings. The van der Waals surface area contributed by atoms with Crippen LogP contribution < -0.4 is 9.64 Å². The van der Waals surface area contributed by atoms with E-state index in [1.807, 2.05) is 17.9 Å². The molecule has 0 aliphatic carbocycles. The highest BCUT2D eigenvalue weighted by Gasteiger charge is 2.38. The Kier molecular flexibility index (Phi) is 6.35. The van der Waals surface area contributed by atoms with Crippen LogP contribution in [0, 0.1) is 13.8 Å². The lowest BCUT2D eigenvalue weighted by Crippen LogP contribution is -2.54. The van der Waals surface area contributed by atoms with Gasteiger partial charge in [-0.1, -0.05) is 11.3 Å². The molecule has 0 spiro atoms. The quantitative estimate of drug-likeness (QED) is 0.519. The first-order valence-corrected chi connectivity index (χ1v) is 12.5. The number of fused-ring (bicyclic) bond motifs is 1. The van der Waals surface area contributed by atoms with Crippen LogP contribution in [0.15, 0.2) is 12.3 Å². The number of ether oxygens (including phenoxy) is 1. The van der Waals surface area contributed by atoms with E-state index < -0.39 is 11.2 Å². The molecule has 0 aromatic carbocycles. The van der Waals surface area contributed by atoms with Crippen LogP contribution in [0.3, 0.4) is 0 Å². The summed E-state index contributed by atoms with van der Waals surface area (Å²) < 4.78 is 48.1. The molecule has 0 bridgehead atoms. The van der Waals surface area contributed by atoms with Gasteiger partial charge in [0.15, 0.2) is 0 Å². The van der Waals surface area contributed by atoms with E-state index in [1.54, 1.807) is 23.4 Å². The predicted molar refractivity (Wildman–Crippen MR) is 127 cm³/mol. The van der Waals surface area contributed by atoms with Crippen molar-refractivity contribution in [1.29, 1.82) is 0 Å². The summed E-state index contributed by atoms with van der Waals surface area (Å²) in [6.45, 7) is 7.26. The molecule has 0 radical (unpaired) electrons. The highest BCUT2D eigenvalue weighted by Crippen LogP contribution is 2.43. The molecular formula is C23H26F3N7O2S. The fourth-order valence-corrected chi connectivity index (χ4v) is 5.64. The van der Waals surface area contributed by atoms with E-state index in [0.717, 1.165) is 18.4 Å². The summed E-state index contributed by atoms with van der Waals surface area (Å²) in [4.78, 5) is 29.2. The lowest BCUT2D eigenvalue weighted by molar-refractivity contribution is -0.137. The first-order chi connectivity index (χ1) is 17.1. The number of hydrogen-bond donors (Lipinski definition) is 0. The maximum absolute atomic E-state index is 13.7. The van der Waals surface area contributed by atoms with Crippen molar-refractivity contribution in [2.24, 2.45) is 0 Å². The summed E-state index contributed by atoms with van der Waals surface area (Å²) in [5.74, 6) is 1.68. The van der Waals surface area contributed by atoms with Gasteiger partial charge in [0.1, 0.15) is 28.9 Å². The summed E-state index contributed by atoms with van der Waals surface area (Å²) in [6.07, 6.45) is -1.45. The molecule has 13 heteroatoms. The number of aromatic nitrogens is 5. The normalized spacial score (nSPS) is 18.2. The van der Waals surface area contributed by atoms with Gasteiger partial charge in [-0.15, -0.1) is 0 Å². The zero-order valence-corrected chi connectivity index (χ0v) is 21.0. The Hall–Kier alpha value is -3.22. The van der Waals surface area contributed by atoms with Crippen LogP contribution in [0.5, 0.6) is 5.88 Å². The zero-order chi connectivity index (χ0) is 25.6. The maximum Gasteiger partial charge on any atom is 0.443 e. The number of amides is 1. The highest BCUT2D eigenvalue weighted by molar-refractivity contribution is 7.16. The summed E-state index contributed by atoms with van der Waals surface area (Å²) >= 11 is 0.629. The number of nitrogens with zero attached hydrogens (tertiary/aromatic N) is 7. The lowest BCUT2D eigenvalue weighted by Gasteiger charge is -2.40. The van der Waals surface area contributed by atoms with Gasteiger partial charge in [-0.25, -0.2) is 19.6 Å². The number of rotatable bonds is 4. The number of thiazole rings is 1. The number of carbonyl (C=O) groups is 1. The number of pyridine rings is 1. The smallest absolute Gasteiger partial charge is 0.443 e. The van der Waals surface area contributed by atoms with Crippen LogP contribution in [0.25, 0.3) is 11.3 Å². The molecular weight excluding hydrogens is 495 g/mol. The number of halogens is 3. The van der Waals surface area contributed by atoms with E-state index in [9.17, 15) is 18.0 Å². The lowest BCUT2D eigenvalue weighted by atomic mass is 10.1. The molecule has 1 unspecified atom stereocenters. The number of anilines is 1. The van der Waals surface area contributed by atoms with Crippen molar-refractivity contribution < 1.29 is 22.7 Å². The van der Waals surface area contributed by atoms with Gasteiger partial charge >= 0.3 is 6.18 Å². The van der Waals surface area contributed by atoms with Crippen LogP contribution >= 0.6 is 11.3 Å². The fraction of sp³-hybridized carbons (Fsp3) is 0.522.